The van der Waals surface area contributed by atoms with E-state index < -0.39 is 0 Å². The maximum atomic E-state index is 12.1. The Kier molecular flexibility index (Phi) is 5.73. The van der Waals surface area contributed by atoms with Gasteiger partial charge in [0.2, 0.25) is 5.91 Å². The maximum Gasteiger partial charge on any atom is 0.315 e. The number of amides is 3. The summed E-state index contributed by atoms with van der Waals surface area (Å²) in [5.41, 5.74) is 1.98. The zero-order valence-electron chi connectivity index (χ0n) is 14.8. The molecule has 0 radical (unpaired) electrons. The largest absolute Gasteiger partial charge is 0.492 e. The molecule has 1 saturated heterocycles. The monoisotopic (exact) mass is 353 g/mol. The molecular formula is C20H23N3O3. The van der Waals surface area contributed by atoms with Crippen molar-refractivity contribution >= 4 is 17.6 Å². The van der Waals surface area contributed by atoms with Gasteiger partial charge in [-0.15, -0.1) is 0 Å². The predicted molar refractivity (Wildman–Crippen MR) is 100 cm³/mol. The molecule has 0 aromatic heterocycles. The number of aryl methyl sites for hydroxylation is 1. The molecule has 1 aliphatic heterocycles. The highest BCUT2D eigenvalue weighted by Gasteiger charge is 2.31. The van der Waals surface area contributed by atoms with Crippen LogP contribution in [0.25, 0.3) is 0 Å². The van der Waals surface area contributed by atoms with Crippen molar-refractivity contribution in [2.45, 2.75) is 19.4 Å². The normalized spacial score (nSPS) is 16.4. The number of ether oxygens (including phenoxy) is 1. The third kappa shape index (κ3) is 4.75. The maximum absolute atomic E-state index is 12.1. The summed E-state index contributed by atoms with van der Waals surface area (Å²) in [5.74, 6) is 0.802. The van der Waals surface area contributed by atoms with Gasteiger partial charge in [-0.2, -0.15) is 0 Å². The van der Waals surface area contributed by atoms with Gasteiger partial charge in [-0.25, -0.2) is 4.79 Å². The molecule has 1 atom stereocenters. The molecule has 6 nitrogen and oxygen atoms in total. The van der Waals surface area contributed by atoms with Crippen molar-refractivity contribution in [2.24, 2.45) is 0 Å². The van der Waals surface area contributed by atoms with Gasteiger partial charge in [0.1, 0.15) is 12.4 Å². The summed E-state index contributed by atoms with van der Waals surface area (Å²) in [4.78, 5) is 25.9. The fraction of sp³-hybridized carbons (Fsp3) is 0.300. The minimum atomic E-state index is -0.287. The second-order valence-electron chi connectivity index (χ2n) is 6.31. The quantitative estimate of drug-likeness (QED) is 0.784. The van der Waals surface area contributed by atoms with Crippen LogP contribution in [0.3, 0.4) is 0 Å². The van der Waals surface area contributed by atoms with Crippen molar-refractivity contribution in [2.75, 3.05) is 24.6 Å². The fourth-order valence-electron chi connectivity index (χ4n) is 2.94. The summed E-state index contributed by atoms with van der Waals surface area (Å²) in [5, 5.41) is 5.61. The average molecular weight is 353 g/mol. The van der Waals surface area contributed by atoms with Gasteiger partial charge in [-0.3, -0.25) is 4.79 Å². The van der Waals surface area contributed by atoms with Gasteiger partial charge < -0.3 is 20.3 Å². The van der Waals surface area contributed by atoms with E-state index in [0.29, 0.717) is 26.1 Å². The lowest BCUT2D eigenvalue weighted by Crippen LogP contribution is -2.44. The Labute approximate surface area is 153 Å². The molecule has 2 aromatic carbocycles. The second kappa shape index (κ2) is 8.38. The SMILES string of the molecule is Cc1cccc(OCCNC(=O)NC2CC(=O)N(c3ccccc3)C2)c1. The Morgan fingerprint density at radius 2 is 2.00 bits per heavy atom. The molecule has 0 aliphatic carbocycles. The number of anilines is 1. The van der Waals surface area contributed by atoms with Crippen LogP contribution in [0.15, 0.2) is 54.6 Å². The number of hydrogen-bond acceptors (Lipinski definition) is 3. The van der Waals surface area contributed by atoms with Crippen molar-refractivity contribution in [3.8, 4) is 5.75 Å². The molecule has 0 saturated carbocycles. The minimum Gasteiger partial charge on any atom is -0.492 e. The van der Waals surface area contributed by atoms with Gasteiger partial charge in [-0.05, 0) is 36.8 Å². The van der Waals surface area contributed by atoms with E-state index in [1.165, 1.54) is 0 Å². The van der Waals surface area contributed by atoms with Crippen molar-refractivity contribution < 1.29 is 14.3 Å². The van der Waals surface area contributed by atoms with Crippen molar-refractivity contribution in [1.29, 1.82) is 0 Å². The molecular weight excluding hydrogens is 330 g/mol. The summed E-state index contributed by atoms with van der Waals surface area (Å²) in [7, 11) is 0. The lowest BCUT2D eigenvalue weighted by molar-refractivity contribution is -0.117. The number of rotatable bonds is 6. The van der Waals surface area contributed by atoms with E-state index in [2.05, 4.69) is 10.6 Å². The van der Waals surface area contributed by atoms with Crippen molar-refractivity contribution in [3.05, 3.63) is 60.2 Å². The van der Waals surface area contributed by atoms with Gasteiger partial charge >= 0.3 is 6.03 Å². The Bertz CT molecular complexity index is 764. The average Bonchev–Trinajstić information content (AvgIpc) is 3.00. The highest BCUT2D eigenvalue weighted by molar-refractivity contribution is 5.96. The summed E-state index contributed by atoms with van der Waals surface area (Å²) < 4.78 is 5.59. The smallest absolute Gasteiger partial charge is 0.315 e. The number of hydrogen-bond donors (Lipinski definition) is 2. The van der Waals surface area contributed by atoms with E-state index >= 15 is 0 Å². The summed E-state index contributed by atoms with van der Waals surface area (Å²) in [6.07, 6.45) is 0.308. The van der Waals surface area contributed by atoms with Crippen LogP contribution in [0.2, 0.25) is 0 Å². The third-order valence-corrected chi connectivity index (χ3v) is 4.17. The number of carbonyl (C=O) groups excluding carboxylic acids is 2. The zero-order valence-corrected chi connectivity index (χ0v) is 14.8. The lowest BCUT2D eigenvalue weighted by atomic mass is 10.2. The van der Waals surface area contributed by atoms with Gasteiger partial charge in [0.15, 0.2) is 0 Å². The molecule has 0 bridgehead atoms. The van der Waals surface area contributed by atoms with E-state index in [0.717, 1.165) is 17.0 Å². The Hall–Kier alpha value is -3.02. The number of urea groups is 1. The minimum absolute atomic E-state index is 0.0179. The zero-order chi connectivity index (χ0) is 18.4. The van der Waals surface area contributed by atoms with E-state index in [1.807, 2.05) is 61.5 Å². The molecule has 26 heavy (non-hydrogen) atoms. The lowest BCUT2D eigenvalue weighted by Gasteiger charge is -2.17. The summed E-state index contributed by atoms with van der Waals surface area (Å²) >= 11 is 0. The van der Waals surface area contributed by atoms with Gasteiger partial charge in [0, 0.05) is 18.7 Å². The highest BCUT2D eigenvalue weighted by Crippen LogP contribution is 2.20. The molecule has 1 unspecified atom stereocenters. The van der Waals surface area contributed by atoms with Crippen LogP contribution in [0.5, 0.6) is 5.75 Å². The highest BCUT2D eigenvalue weighted by atomic mass is 16.5. The Morgan fingerprint density at radius 1 is 1.19 bits per heavy atom. The molecule has 0 spiro atoms. The first-order valence-electron chi connectivity index (χ1n) is 8.71. The van der Waals surface area contributed by atoms with Crippen LogP contribution in [0.4, 0.5) is 10.5 Å². The van der Waals surface area contributed by atoms with E-state index in [1.54, 1.807) is 4.90 Å². The standard InChI is InChI=1S/C20H23N3O3/c1-15-6-5-9-18(12-15)26-11-10-21-20(25)22-16-13-19(24)23(14-16)17-7-3-2-4-8-17/h2-9,12,16H,10-11,13-14H2,1H3,(H2,21,22,25). The molecule has 1 fully saturated rings. The second-order valence-corrected chi connectivity index (χ2v) is 6.31. The molecule has 3 rings (SSSR count). The summed E-state index contributed by atoms with van der Waals surface area (Å²) in [6, 6.07) is 16.8. The predicted octanol–water partition coefficient (Wildman–Crippen LogP) is 2.48. The van der Waals surface area contributed by atoms with Crippen molar-refractivity contribution in [1.82, 2.24) is 10.6 Å². The van der Waals surface area contributed by atoms with Crippen LogP contribution in [0.1, 0.15) is 12.0 Å². The topological polar surface area (TPSA) is 70.7 Å². The molecule has 3 amide bonds. The van der Waals surface area contributed by atoms with Crippen LogP contribution in [0, 0.1) is 6.92 Å². The number of benzene rings is 2. The van der Waals surface area contributed by atoms with E-state index in [4.69, 9.17) is 4.74 Å². The van der Waals surface area contributed by atoms with Crippen LogP contribution < -0.4 is 20.3 Å². The van der Waals surface area contributed by atoms with Crippen molar-refractivity contribution in [3.63, 3.8) is 0 Å². The van der Waals surface area contributed by atoms with Gasteiger partial charge in [0.25, 0.3) is 0 Å². The number of nitrogens with one attached hydrogen (secondary N) is 2. The molecule has 6 heteroatoms. The first-order chi connectivity index (χ1) is 12.6. The third-order valence-electron chi connectivity index (χ3n) is 4.17. The van der Waals surface area contributed by atoms with E-state index in [-0.39, 0.29) is 18.0 Å². The molecule has 1 heterocycles. The summed E-state index contributed by atoms with van der Waals surface area (Å²) in [6.45, 7) is 3.26. The molecule has 2 aromatic rings. The Balaban J connectivity index is 1.39. The fourth-order valence-corrected chi connectivity index (χ4v) is 2.94. The van der Waals surface area contributed by atoms with Crippen LogP contribution >= 0.6 is 0 Å². The number of nitrogens with zero attached hydrogens (tertiary/aromatic N) is 1. The molecule has 136 valence electrons. The first-order valence-corrected chi connectivity index (χ1v) is 8.71. The van der Waals surface area contributed by atoms with Crippen LogP contribution in [-0.2, 0) is 4.79 Å². The first kappa shape index (κ1) is 17.8. The van der Waals surface area contributed by atoms with E-state index in [9.17, 15) is 9.59 Å². The van der Waals surface area contributed by atoms with Gasteiger partial charge in [-0.1, -0.05) is 30.3 Å². The number of carbonyl (C=O) groups is 2. The Morgan fingerprint density at radius 3 is 2.77 bits per heavy atom. The number of para-hydroxylation sites is 1. The molecule has 2 N–H and O–H groups in total. The van der Waals surface area contributed by atoms with Gasteiger partial charge in [0.05, 0.1) is 12.6 Å². The molecule has 1 aliphatic rings. The van der Waals surface area contributed by atoms with Crippen LogP contribution in [-0.4, -0.2) is 37.7 Å².